The van der Waals surface area contributed by atoms with Crippen molar-refractivity contribution in [3.8, 4) is 0 Å². The molecule has 1 atom stereocenters. The lowest BCUT2D eigenvalue weighted by molar-refractivity contribution is -0.134. The standard InChI is InChI=1S/C15H17F3N4O4/c16-9-5-8(1-2-11(9)22-3-4-26-7-12(22)23)20-14(24)10(6-19)21-15(25)13(17)18/h1-2,5,10,13H,3-4,6-7,19H2,(H,20,24)(H,21,25)/t10-/m0/s1. The number of ether oxygens (including phenoxy) is 1. The van der Waals surface area contributed by atoms with Crippen molar-refractivity contribution in [2.24, 2.45) is 5.73 Å². The highest BCUT2D eigenvalue weighted by molar-refractivity contribution is 5.98. The lowest BCUT2D eigenvalue weighted by Gasteiger charge is -2.27. The summed E-state index contributed by atoms with van der Waals surface area (Å²) < 4.78 is 43.7. The van der Waals surface area contributed by atoms with E-state index in [1.54, 1.807) is 5.32 Å². The van der Waals surface area contributed by atoms with Gasteiger partial charge in [0.05, 0.1) is 12.3 Å². The van der Waals surface area contributed by atoms with E-state index in [1.807, 2.05) is 0 Å². The molecule has 1 aromatic carbocycles. The SMILES string of the molecule is NC[C@H](NC(=O)C(F)F)C(=O)Nc1ccc(N2CCOCC2=O)c(F)c1. The third-order valence-electron chi connectivity index (χ3n) is 3.56. The number of benzene rings is 1. The molecule has 1 aliphatic heterocycles. The molecule has 11 heteroatoms. The van der Waals surface area contributed by atoms with Crippen molar-refractivity contribution < 1.29 is 32.3 Å². The van der Waals surface area contributed by atoms with E-state index < -0.39 is 42.6 Å². The van der Waals surface area contributed by atoms with Gasteiger partial charge in [0.15, 0.2) is 0 Å². The Morgan fingerprint density at radius 1 is 1.31 bits per heavy atom. The van der Waals surface area contributed by atoms with Crippen molar-refractivity contribution in [2.45, 2.75) is 12.5 Å². The Balaban J connectivity index is 2.07. The molecule has 1 heterocycles. The highest BCUT2D eigenvalue weighted by atomic mass is 19.3. The number of morpholine rings is 1. The summed E-state index contributed by atoms with van der Waals surface area (Å²) in [6, 6.07) is 2.20. The smallest absolute Gasteiger partial charge is 0.315 e. The first-order valence-corrected chi connectivity index (χ1v) is 7.60. The third kappa shape index (κ3) is 4.70. The summed E-state index contributed by atoms with van der Waals surface area (Å²) in [5.74, 6) is -3.68. The summed E-state index contributed by atoms with van der Waals surface area (Å²) in [6.45, 7) is -0.116. The van der Waals surface area contributed by atoms with Gasteiger partial charge in [-0.25, -0.2) is 4.39 Å². The second-order valence-electron chi connectivity index (χ2n) is 5.35. The fourth-order valence-electron chi connectivity index (χ4n) is 2.27. The first-order chi connectivity index (χ1) is 12.3. The van der Waals surface area contributed by atoms with Gasteiger partial charge in [-0.05, 0) is 18.2 Å². The normalized spacial score (nSPS) is 15.7. The maximum absolute atomic E-state index is 14.3. The number of nitrogens with zero attached hydrogens (tertiary/aromatic N) is 1. The Kier molecular flexibility index (Phi) is 6.52. The van der Waals surface area contributed by atoms with Crippen LogP contribution in [0.3, 0.4) is 0 Å². The number of anilines is 2. The van der Waals surface area contributed by atoms with E-state index in [9.17, 15) is 27.6 Å². The van der Waals surface area contributed by atoms with Gasteiger partial charge in [-0.1, -0.05) is 0 Å². The molecule has 0 radical (unpaired) electrons. The number of carbonyl (C=O) groups excluding carboxylic acids is 3. The lowest BCUT2D eigenvalue weighted by atomic mass is 10.2. The van der Waals surface area contributed by atoms with Crippen LogP contribution in [-0.4, -0.2) is 56.5 Å². The molecule has 0 saturated carbocycles. The second kappa shape index (κ2) is 8.63. The fourth-order valence-corrected chi connectivity index (χ4v) is 2.27. The van der Waals surface area contributed by atoms with Crippen LogP contribution in [0, 0.1) is 5.82 Å². The Labute approximate surface area is 146 Å². The molecule has 2 rings (SSSR count). The van der Waals surface area contributed by atoms with Crippen LogP contribution in [0.25, 0.3) is 0 Å². The van der Waals surface area contributed by atoms with E-state index in [2.05, 4.69) is 5.32 Å². The number of nitrogens with two attached hydrogens (primary N) is 1. The van der Waals surface area contributed by atoms with E-state index in [0.717, 1.165) is 6.07 Å². The van der Waals surface area contributed by atoms with E-state index in [0.29, 0.717) is 0 Å². The predicted octanol–water partition coefficient (Wildman–Crippen LogP) is -0.164. The van der Waals surface area contributed by atoms with Crippen LogP contribution in [0.15, 0.2) is 18.2 Å². The number of hydrogen-bond donors (Lipinski definition) is 3. The largest absolute Gasteiger partial charge is 0.370 e. The quantitative estimate of drug-likeness (QED) is 0.640. The van der Waals surface area contributed by atoms with E-state index in [-0.39, 0.29) is 31.1 Å². The van der Waals surface area contributed by atoms with Crippen LogP contribution < -0.4 is 21.3 Å². The van der Waals surface area contributed by atoms with Gasteiger partial charge in [-0.3, -0.25) is 14.4 Å². The number of rotatable bonds is 6. The lowest BCUT2D eigenvalue weighted by Crippen LogP contribution is -2.50. The summed E-state index contributed by atoms with van der Waals surface area (Å²) in [4.78, 5) is 35.9. The van der Waals surface area contributed by atoms with Crippen LogP contribution in [0.1, 0.15) is 0 Å². The maximum atomic E-state index is 14.3. The minimum Gasteiger partial charge on any atom is -0.370 e. The van der Waals surface area contributed by atoms with Gasteiger partial charge in [0.1, 0.15) is 18.5 Å². The van der Waals surface area contributed by atoms with Crippen molar-refractivity contribution in [1.82, 2.24) is 5.32 Å². The molecular formula is C15H17F3N4O4. The van der Waals surface area contributed by atoms with E-state index >= 15 is 0 Å². The fraction of sp³-hybridized carbons (Fsp3) is 0.400. The van der Waals surface area contributed by atoms with Crippen molar-refractivity contribution in [1.29, 1.82) is 0 Å². The number of alkyl halides is 2. The van der Waals surface area contributed by atoms with Crippen molar-refractivity contribution in [3.05, 3.63) is 24.0 Å². The molecule has 1 aliphatic rings. The highest BCUT2D eigenvalue weighted by Crippen LogP contribution is 2.24. The molecular weight excluding hydrogens is 357 g/mol. The van der Waals surface area contributed by atoms with Gasteiger partial charge in [0, 0.05) is 18.8 Å². The molecule has 0 spiro atoms. The molecule has 8 nitrogen and oxygen atoms in total. The summed E-state index contributed by atoms with van der Waals surface area (Å²) in [5.41, 5.74) is 5.33. The molecule has 0 aliphatic carbocycles. The minimum atomic E-state index is -3.29. The second-order valence-corrected chi connectivity index (χ2v) is 5.35. The van der Waals surface area contributed by atoms with Crippen LogP contribution in [0.5, 0.6) is 0 Å². The van der Waals surface area contributed by atoms with Gasteiger partial charge in [0.2, 0.25) is 5.91 Å². The number of hydrogen-bond acceptors (Lipinski definition) is 5. The zero-order valence-electron chi connectivity index (χ0n) is 13.5. The van der Waals surface area contributed by atoms with Gasteiger partial charge in [0.25, 0.3) is 11.8 Å². The summed E-state index contributed by atoms with van der Waals surface area (Å²) in [6.07, 6.45) is -3.29. The molecule has 0 unspecified atom stereocenters. The van der Waals surface area contributed by atoms with Crippen molar-refractivity contribution >= 4 is 29.1 Å². The van der Waals surface area contributed by atoms with Gasteiger partial charge in [-0.15, -0.1) is 0 Å². The van der Waals surface area contributed by atoms with Crippen LogP contribution in [-0.2, 0) is 19.1 Å². The number of amides is 3. The predicted molar refractivity (Wildman–Crippen MR) is 85.2 cm³/mol. The van der Waals surface area contributed by atoms with Gasteiger partial charge >= 0.3 is 6.43 Å². The topological polar surface area (TPSA) is 114 Å². The summed E-state index contributed by atoms with van der Waals surface area (Å²) >= 11 is 0. The molecule has 1 fully saturated rings. The average molecular weight is 374 g/mol. The van der Waals surface area contributed by atoms with Gasteiger partial charge < -0.3 is 26.0 Å². The maximum Gasteiger partial charge on any atom is 0.315 e. The van der Waals surface area contributed by atoms with Gasteiger partial charge in [-0.2, -0.15) is 8.78 Å². The van der Waals surface area contributed by atoms with Crippen LogP contribution in [0.4, 0.5) is 24.5 Å². The average Bonchev–Trinajstić information content (AvgIpc) is 2.60. The first kappa shape index (κ1) is 19.7. The number of nitrogens with one attached hydrogen (secondary N) is 2. The van der Waals surface area contributed by atoms with Crippen molar-refractivity contribution in [2.75, 3.05) is 36.5 Å². The minimum absolute atomic E-state index is 0.0155. The molecule has 26 heavy (non-hydrogen) atoms. The molecule has 0 bridgehead atoms. The molecule has 3 amide bonds. The third-order valence-corrected chi connectivity index (χ3v) is 3.56. The monoisotopic (exact) mass is 374 g/mol. The van der Waals surface area contributed by atoms with Crippen LogP contribution >= 0.6 is 0 Å². The Bertz CT molecular complexity index is 701. The van der Waals surface area contributed by atoms with E-state index in [4.69, 9.17) is 10.5 Å². The number of carbonyl (C=O) groups is 3. The highest BCUT2D eigenvalue weighted by Gasteiger charge is 2.25. The van der Waals surface area contributed by atoms with Crippen molar-refractivity contribution in [3.63, 3.8) is 0 Å². The zero-order chi connectivity index (χ0) is 19.3. The molecule has 142 valence electrons. The molecule has 0 aromatic heterocycles. The Hall–Kier alpha value is -2.66. The number of halogens is 3. The summed E-state index contributed by atoms with van der Waals surface area (Å²) in [5, 5.41) is 4.06. The van der Waals surface area contributed by atoms with E-state index in [1.165, 1.54) is 17.0 Å². The Morgan fingerprint density at radius 3 is 2.62 bits per heavy atom. The summed E-state index contributed by atoms with van der Waals surface area (Å²) in [7, 11) is 0. The zero-order valence-corrected chi connectivity index (χ0v) is 13.5. The molecule has 1 aromatic rings. The Morgan fingerprint density at radius 2 is 2.04 bits per heavy atom. The van der Waals surface area contributed by atoms with Crippen LogP contribution in [0.2, 0.25) is 0 Å². The molecule has 1 saturated heterocycles. The first-order valence-electron chi connectivity index (χ1n) is 7.60. The molecule has 4 N–H and O–H groups in total.